The van der Waals surface area contributed by atoms with Crippen molar-refractivity contribution in [3.05, 3.63) is 0 Å². The van der Waals surface area contributed by atoms with Gasteiger partial charge in [-0.2, -0.15) is 0 Å². The Morgan fingerprint density at radius 3 is 2.55 bits per heavy atom. The molecule has 1 rings (SSSR count). The van der Waals surface area contributed by atoms with E-state index in [1.807, 2.05) is 0 Å². The number of rotatable bonds is 2. The van der Waals surface area contributed by atoms with Gasteiger partial charge in [0.15, 0.2) is 0 Å². The molecule has 0 saturated carbocycles. The highest BCUT2D eigenvalue weighted by Gasteiger charge is 2.24. The molecule has 0 spiro atoms. The van der Waals surface area contributed by atoms with Gasteiger partial charge in [0.2, 0.25) is 0 Å². The number of β-amino-alcohol motifs (C(OH)–C–C–N with tert-alkyl or cyclic N) is 2. The topological polar surface area (TPSA) is 43.7 Å². The number of hydrogen-bond acceptors (Lipinski definition) is 3. The molecule has 3 nitrogen and oxygen atoms in total. The fraction of sp³-hybridized carbons (Fsp3) is 1.00. The van der Waals surface area contributed by atoms with Gasteiger partial charge in [-0.25, -0.2) is 0 Å². The van der Waals surface area contributed by atoms with Gasteiger partial charge in [-0.05, 0) is 20.3 Å². The molecule has 0 aromatic heterocycles. The number of nitrogens with zero attached hydrogens (tertiary/aromatic N) is 1. The Morgan fingerprint density at radius 1 is 1.55 bits per heavy atom. The molecule has 0 amide bonds. The standard InChI is InChI=1S/C8H17NO2/c1-8(2,11)6-9-4-3-7(10)5-9/h7,10-11H,3-6H2,1-2H3. The molecule has 0 aromatic carbocycles. The third-order valence-electron chi connectivity index (χ3n) is 1.86. The Bertz CT molecular complexity index is 131. The summed E-state index contributed by atoms with van der Waals surface area (Å²) in [5, 5.41) is 18.6. The normalized spacial score (nSPS) is 27.8. The molecule has 1 saturated heterocycles. The van der Waals surface area contributed by atoms with Gasteiger partial charge < -0.3 is 10.2 Å². The lowest BCUT2D eigenvalue weighted by atomic mass is 10.1. The Labute approximate surface area is 67.6 Å². The zero-order valence-electron chi connectivity index (χ0n) is 7.25. The molecule has 66 valence electrons. The molecule has 1 aliphatic heterocycles. The van der Waals surface area contributed by atoms with Crippen molar-refractivity contribution in [2.45, 2.75) is 32.0 Å². The highest BCUT2D eigenvalue weighted by Crippen LogP contribution is 2.12. The van der Waals surface area contributed by atoms with Gasteiger partial charge in [0.1, 0.15) is 0 Å². The fourth-order valence-corrected chi connectivity index (χ4v) is 1.50. The maximum atomic E-state index is 9.44. The van der Waals surface area contributed by atoms with Crippen LogP contribution in [0.25, 0.3) is 0 Å². The Hall–Kier alpha value is -0.120. The van der Waals surface area contributed by atoms with Gasteiger partial charge in [0.05, 0.1) is 11.7 Å². The summed E-state index contributed by atoms with van der Waals surface area (Å²) in [7, 11) is 0. The van der Waals surface area contributed by atoms with Crippen molar-refractivity contribution in [2.75, 3.05) is 19.6 Å². The van der Waals surface area contributed by atoms with E-state index in [0.29, 0.717) is 13.1 Å². The molecular formula is C8H17NO2. The van der Waals surface area contributed by atoms with Crippen LogP contribution in [0.3, 0.4) is 0 Å². The second-order valence-corrected chi connectivity index (χ2v) is 3.99. The molecule has 0 aliphatic carbocycles. The Balaban J connectivity index is 2.29. The number of aliphatic hydroxyl groups is 2. The predicted molar refractivity (Wildman–Crippen MR) is 43.4 cm³/mol. The van der Waals surface area contributed by atoms with Crippen molar-refractivity contribution in [1.29, 1.82) is 0 Å². The Kier molecular flexibility index (Phi) is 2.52. The van der Waals surface area contributed by atoms with E-state index in [1.165, 1.54) is 0 Å². The van der Waals surface area contributed by atoms with Crippen LogP contribution in [0, 0.1) is 0 Å². The maximum absolute atomic E-state index is 9.44. The second kappa shape index (κ2) is 3.09. The van der Waals surface area contributed by atoms with Gasteiger partial charge in [0.25, 0.3) is 0 Å². The van der Waals surface area contributed by atoms with Crippen molar-refractivity contribution in [1.82, 2.24) is 4.90 Å². The maximum Gasteiger partial charge on any atom is 0.0718 e. The lowest BCUT2D eigenvalue weighted by molar-refractivity contribution is 0.0398. The van der Waals surface area contributed by atoms with Gasteiger partial charge in [-0.15, -0.1) is 0 Å². The largest absolute Gasteiger partial charge is 0.392 e. The minimum Gasteiger partial charge on any atom is -0.392 e. The minimum absolute atomic E-state index is 0.183. The first-order chi connectivity index (χ1) is 4.97. The first-order valence-corrected chi connectivity index (χ1v) is 4.10. The molecule has 1 aliphatic rings. The first kappa shape index (κ1) is 8.97. The van der Waals surface area contributed by atoms with Crippen LogP contribution in [0.15, 0.2) is 0 Å². The van der Waals surface area contributed by atoms with E-state index in [-0.39, 0.29) is 6.10 Å². The lowest BCUT2D eigenvalue weighted by Gasteiger charge is -2.24. The summed E-state index contributed by atoms with van der Waals surface area (Å²) in [6.45, 7) is 5.86. The van der Waals surface area contributed by atoms with Gasteiger partial charge >= 0.3 is 0 Å². The molecule has 0 radical (unpaired) electrons. The molecule has 1 heterocycles. The van der Waals surface area contributed by atoms with Crippen LogP contribution >= 0.6 is 0 Å². The summed E-state index contributed by atoms with van der Waals surface area (Å²) in [6, 6.07) is 0. The molecule has 2 N–H and O–H groups in total. The van der Waals surface area contributed by atoms with Gasteiger partial charge in [-0.3, -0.25) is 4.90 Å². The quantitative estimate of drug-likeness (QED) is 0.587. The van der Waals surface area contributed by atoms with E-state index >= 15 is 0 Å². The highest BCUT2D eigenvalue weighted by atomic mass is 16.3. The average molecular weight is 159 g/mol. The van der Waals surface area contributed by atoms with Crippen LogP contribution < -0.4 is 0 Å². The van der Waals surface area contributed by atoms with Crippen LogP contribution in [-0.4, -0.2) is 46.5 Å². The molecule has 1 atom stereocenters. The average Bonchev–Trinajstić information content (AvgIpc) is 2.10. The van der Waals surface area contributed by atoms with E-state index in [9.17, 15) is 10.2 Å². The number of aliphatic hydroxyl groups excluding tert-OH is 1. The lowest BCUT2D eigenvalue weighted by Crippen LogP contribution is -2.37. The van der Waals surface area contributed by atoms with Crippen molar-refractivity contribution in [3.8, 4) is 0 Å². The van der Waals surface area contributed by atoms with Gasteiger partial charge in [-0.1, -0.05) is 0 Å². The van der Waals surface area contributed by atoms with E-state index in [0.717, 1.165) is 13.0 Å². The SMILES string of the molecule is CC(C)(O)CN1CCC(O)C1. The third kappa shape index (κ3) is 3.18. The fourth-order valence-electron chi connectivity index (χ4n) is 1.50. The van der Waals surface area contributed by atoms with E-state index in [1.54, 1.807) is 13.8 Å². The van der Waals surface area contributed by atoms with Crippen LogP contribution in [-0.2, 0) is 0 Å². The number of hydrogen-bond donors (Lipinski definition) is 2. The monoisotopic (exact) mass is 159 g/mol. The summed E-state index contributed by atoms with van der Waals surface area (Å²) >= 11 is 0. The Morgan fingerprint density at radius 2 is 2.18 bits per heavy atom. The van der Waals surface area contributed by atoms with Crippen molar-refractivity contribution in [3.63, 3.8) is 0 Å². The molecule has 11 heavy (non-hydrogen) atoms. The molecule has 3 heteroatoms. The summed E-state index contributed by atoms with van der Waals surface area (Å²) < 4.78 is 0. The zero-order chi connectivity index (χ0) is 8.48. The predicted octanol–water partition coefficient (Wildman–Crippen LogP) is -0.176. The molecule has 1 unspecified atom stereocenters. The number of likely N-dealkylation sites (tertiary alicyclic amines) is 1. The van der Waals surface area contributed by atoms with Crippen molar-refractivity contribution in [2.24, 2.45) is 0 Å². The summed E-state index contributed by atoms with van der Waals surface area (Å²) in [5.41, 5.74) is -0.635. The third-order valence-corrected chi connectivity index (χ3v) is 1.86. The molecule has 1 fully saturated rings. The minimum atomic E-state index is -0.635. The molecular weight excluding hydrogens is 142 g/mol. The van der Waals surface area contributed by atoms with Crippen LogP contribution in [0.2, 0.25) is 0 Å². The first-order valence-electron chi connectivity index (χ1n) is 4.10. The summed E-state index contributed by atoms with van der Waals surface area (Å²) in [6.07, 6.45) is 0.660. The van der Waals surface area contributed by atoms with Crippen LogP contribution in [0.5, 0.6) is 0 Å². The molecule has 0 aromatic rings. The highest BCUT2D eigenvalue weighted by molar-refractivity contribution is 4.79. The smallest absolute Gasteiger partial charge is 0.0718 e. The van der Waals surface area contributed by atoms with E-state index in [4.69, 9.17) is 0 Å². The van der Waals surface area contributed by atoms with Crippen LogP contribution in [0.4, 0.5) is 0 Å². The van der Waals surface area contributed by atoms with Gasteiger partial charge in [0, 0.05) is 19.6 Å². The zero-order valence-corrected chi connectivity index (χ0v) is 7.25. The van der Waals surface area contributed by atoms with E-state index in [2.05, 4.69) is 4.90 Å². The van der Waals surface area contributed by atoms with Crippen LogP contribution in [0.1, 0.15) is 20.3 Å². The van der Waals surface area contributed by atoms with Crippen molar-refractivity contribution < 1.29 is 10.2 Å². The summed E-state index contributed by atoms with van der Waals surface area (Å²) in [5.74, 6) is 0. The summed E-state index contributed by atoms with van der Waals surface area (Å²) in [4.78, 5) is 2.09. The molecule has 0 bridgehead atoms. The van der Waals surface area contributed by atoms with Crippen molar-refractivity contribution >= 4 is 0 Å². The van der Waals surface area contributed by atoms with E-state index < -0.39 is 5.60 Å². The second-order valence-electron chi connectivity index (χ2n) is 3.99.